The van der Waals surface area contributed by atoms with Gasteiger partial charge in [0.25, 0.3) is 0 Å². The Morgan fingerprint density at radius 1 is 0.455 bits per heavy atom. The summed E-state index contributed by atoms with van der Waals surface area (Å²) in [5.41, 5.74) is -20.9. The fraction of sp³-hybridized carbons (Fsp3) is 1.00. The van der Waals surface area contributed by atoms with Gasteiger partial charge in [-0.25, -0.2) is 0 Å². The second-order valence-corrected chi connectivity index (χ2v) is 23.3. The van der Waals surface area contributed by atoms with Gasteiger partial charge in [-0.1, -0.05) is 0 Å². The Labute approximate surface area is 121 Å². The zero-order valence-corrected chi connectivity index (χ0v) is 13.0. The maximum absolute atomic E-state index is 12.1. The van der Waals surface area contributed by atoms with Gasteiger partial charge in [0.15, 0.2) is 0 Å². The summed E-state index contributed by atoms with van der Waals surface area (Å²) in [6.45, 7) is 0. The molecule has 0 radical (unpaired) electrons. The van der Waals surface area contributed by atoms with E-state index in [2.05, 4.69) is 0 Å². The number of hydrogen-bond donors (Lipinski definition) is 0. The zero-order valence-electron chi connectivity index (χ0n) is 8.84. The van der Waals surface area contributed by atoms with Crippen LogP contribution >= 0.6 is 0 Å². The van der Waals surface area contributed by atoms with E-state index < -0.39 is 57.9 Å². The van der Waals surface area contributed by atoms with Crippen LogP contribution in [-0.2, 0) is 7.60 Å². The third-order valence-electron chi connectivity index (χ3n) is 1.10. The van der Waals surface area contributed by atoms with Crippen LogP contribution < -0.4 is 0 Å². The quantitative estimate of drug-likeness (QED) is 0.471. The average Bonchev–Trinajstić information content (AvgIpc) is 2.09. The first-order valence-corrected chi connectivity index (χ1v) is 13.8. The molecular formula is C3F9O6S3Yb. The summed E-state index contributed by atoms with van der Waals surface area (Å²) in [5.74, 6) is 0. The Balaban J connectivity index is 7.00. The average molecular weight is 572 g/mol. The number of hydrogen-bond acceptors (Lipinski definition) is 6. The van der Waals surface area contributed by atoms with Gasteiger partial charge in [0, 0.05) is 0 Å². The molecule has 0 bridgehead atoms. The van der Waals surface area contributed by atoms with Crippen LogP contribution in [0.15, 0.2) is 0 Å². The maximum atomic E-state index is 12.1. The molecule has 0 unspecified atom stereocenters. The summed E-state index contributed by atoms with van der Waals surface area (Å²) in [6, 6.07) is 0. The fourth-order valence-electron chi connectivity index (χ4n) is 0.383. The Kier molecular flexibility index (Phi) is 6.12. The van der Waals surface area contributed by atoms with Gasteiger partial charge in [-0.2, -0.15) is 0 Å². The summed E-state index contributed by atoms with van der Waals surface area (Å²) in [4.78, 5) is 0. The molecule has 0 aromatic heterocycles. The van der Waals surface area contributed by atoms with E-state index in [9.17, 15) is 64.8 Å². The molecule has 0 spiro atoms. The molecule has 0 aromatic rings. The van der Waals surface area contributed by atoms with Crippen molar-refractivity contribution in [3.8, 4) is 0 Å². The van der Waals surface area contributed by atoms with E-state index in [1.165, 1.54) is 0 Å². The Morgan fingerprint density at radius 2 is 0.591 bits per heavy atom. The van der Waals surface area contributed by atoms with Gasteiger partial charge in [-0.15, -0.1) is 0 Å². The van der Waals surface area contributed by atoms with Gasteiger partial charge in [0.2, 0.25) is 0 Å². The van der Waals surface area contributed by atoms with Gasteiger partial charge in [-0.05, 0) is 0 Å². The normalized spacial score (nSPS) is 16.5. The minimum absolute atomic E-state index is 6.97. The first kappa shape index (κ1) is 22.7. The van der Waals surface area contributed by atoms with E-state index in [-0.39, 0.29) is 0 Å². The Hall–Kier alpha value is 0.739. The summed E-state index contributed by atoms with van der Waals surface area (Å²) < 4.78 is 150. The first-order chi connectivity index (χ1) is 9.12. The van der Waals surface area contributed by atoms with Gasteiger partial charge in [-0.3, -0.25) is 0 Å². The van der Waals surface area contributed by atoms with E-state index in [4.69, 9.17) is 0 Å². The summed E-state index contributed by atoms with van der Waals surface area (Å²) in [5, 5.41) is 0. The monoisotopic (exact) mass is 573 g/mol. The van der Waals surface area contributed by atoms with Crippen LogP contribution in [-0.4, -0.2) is 41.8 Å². The predicted molar refractivity (Wildman–Crippen MR) is 44.9 cm³/mol. The molecule has 19 heteroatoms. The standard InChI is InChI=1S/3CF3O2S.Yb/c3*2-1(3,4)7(5)6;. The van der Waals surface area contributed by atoms with Crippen molar-refractivity contribution < 1.29 is 98.6 Å². The summed E-state index contributed by atoms with van der Waals surface area (Å²) in [7, 11) is 0. The SMILES string of the molecule is O=[S](=O)([Yb]([S](=O)(=O)C(F)(F)F)[S](=O)(=O)C(F)(F)F)C(F)(F)F. The third-order valence-corrected chi connectivity index (χ3v) is 29.3. The molecule has 22 heavy (non-hydrogen) atoms. The van der Waals surface area contributed by atoms with Gasteiger partial charge < -0.3 is 0 Å². The van der Waals surface area contributed by atoms with E-state index in [1.807, 2.05) is 0 Å². The van der Waals surface area contributed by atoms with Crippen molar-refractivity contribution >= 4 is 7.60 Å². The zero-order chi connectivity index (χ0) is 18.6. The molecule has 0 N–H and O–H groups in total. The van der Waals surface area contributed by atoms with Gasteiger partial charge in [0.1, 0.15) is 0 Å². The van der Waals surface area contributed by atoms with Crippen LogP contribution in [0.1, 0.15) is 0 Å². The van der Waals surface area contributed by atoms with Crippen molar-refractivity contribution in [2.24, 2.45) is 0 Å². The molecule has 6 nitrogen and oxygen atoms in total. The first-order valence-electron chi connectivity index (χ1n) is 3.64. The molecule has 0 saturated carbocycles. The Morgan fingerprint density at radius 3 is 0.682 bits per heavy atom. The summed E-state index contributed by atoms with van der Waals surface area (Å²) >= 11 is -7.45. The number of halogens is 9. The molecule has 143 valence electrons. The van der Waals surface area contributed by atoms with E-state index in [1.54, 1.807) is 0 Å². The summed E-state index contributed by atoms with van der Waals surface area (Å²) in [6.07, 6.45) is 0. The van der Waals surface area contributed by atoms with E-state index >= 15 is 0 Å². The van der Waals surface area contributed by atoms with E-state index in [0.29, 0.717) is 0 Å². The molecule has 0 aromatic carbocycles. The molecule has 0 amide bonds. The molecule has 0 atom stereocenters. The molecule has 0 rings (SSSR count). The van der Waals surface area contributed by atoms with Crippen molar-refractivity contribution in [1.82, 2.24) is 0 Å². The second kappa shape index (κ2) is 5.92. The molecule has 0 aliphatic carbocycles. The second-order valence-electron chi connectivity index (χ2n) is 2.61. The van der Waals surface area contributed by atoms with Gasteiger partial charge >= 0.3 is 123 Å². The topological polar surface area (TPSA) is 102 Å². The Bertz CT molecular complexity index is 631. The molecule has 0 saturated heterocycles. The van der Waals surface area contributed by atoms with Crippen molar-refractivity contribution in [3.05, 3.63) is 0 Å². The molecule has 0 heterocycles. The molecular weight excluding hydrogens is 572 g/mol. The minimum atomic E-state index is -7.82. The van der Waals surface area contributed by atoms with Crippen molar-refractivity contribution in [2.75, 3.05) is 0 Å². The van der Waals surface area contributed by atoms with Gasteiger partial charge in [0.05, 0.1) is 0 Å². The van der Waals surface area contributed by atoms with Crippen molar-refractivity contribution in [3.63, 3.8) is 0 Å². The number of rotatable bonds is 3. The predicted octanol–water partition coefficient (Wildman–Crippen LogP) is 1.16. The molecule has 0 fully saturated rings. The van der Waals surface area contributed by atoms with Crippen LogP contribution in [0.2, 0.25) is 0 Å². The van der Waals surface area contributed by atoms with Crippen LogP contribution in [0.4, 0.5) is 39.5 Å². The van der Waals surface area contributed by atoms with Crippen molar-refractivity contribution in [1.29, 1.82) is 0 Å². The van der Waals surface area contributed by atoms with Crippen LogP contribution in [0.5, 0.6) is 0 Å². The number of alkyl halides is 9. The van der Waals surface area contributed by atoms with Crippen molar-refractivity contribution in [2.45, 2.75) is 16.5 Å². The molecule has 0 aliphatic rings. The van der Waals surface area contributed by atoms with E-state index in [0.717, 1.165) is 0 Å². The third kappa shape index (κ3) is 3.86. The van der Waals surface area contributed by atoms with Crippen LogP contribution in [0.3, 0.4) is 0 Å². The van der Waals surface area contributed by atoms with Crippen LogP contribution in [0, 0.1) is 33.8 Å². The fourth-order valence-corrected chi connectivity index (χ4v) is 25.6. The van der Waals surface area contributed by atoms with Crippen LogP contribution in [0.25, 0.3) is 0 Å². The molecule has 0 aliphatic heterocycles.